The SMILES string of the molecule is Cc1cc(CN)ccc1NC(=O)C1CC1. The summed E-state index contributed by atoms with van der Waals surface area (Å²) < 4.78 is 0. The molecule has 3 N–H and O–H groups in total. The molecule has 0 heterocycles. The van der Waals surface area contributed by atoms with Crippen LogP contribution in [0.15, 0.2) is 18.2 Å². The molecular formula is C12H16N2O. The van der Waals surface area contributed by atoms with Crippen molar-refractivity contribution in [3.63, 3.8) is 0 Å². The molecule has 1 aromatic rings. The van der Waals surface area contributed by atoms with Crippen LogP contribution in [0.4, 0.5) is 5.69 Å². The minimum Gasteiger partial charge on any atom is -0.326 e. The van der Waals surface area contributed by atoms with Gasteiger partial charge in [0, 0.05) is 18.2 Å². The van der Waals surface area contributed by atoms with Crippen molar-refractivity contribution < 1.29 is 4.79 Å². The number of rotatable bonds is 3. The number of anilines is 1. The summed E-state index contributed by atoms with van der Waals surface area (Å²) >= 11 is 0. The quantitative estimate of drug-likeness (QED) is 0.788. The summed E-state index contributed by atoms with van der Waals surface area (Å²) in [4.78, 5) is 11.5. The van der Waals surface area contributed by atoms with Crippen LogP contribution in [0.5, 0.6) is 0 Å². The molecule has 0 aliphatic heterocycles. The number of amides is 1. The van der Waals surface area contributed by atoms with Crippen molar-refractivity contribution in [1.29, 1.82) is 0 Å². The Morgan fingerprint density at radius 2 is 2.27 bits per heavy atom. The van der Waals surface area contributed by atoms with Crippen LogP contribution in [-0.2, 0) is 11.3 Å². The van der Waals surface area contributed by atoms with Crippen LogP contribution >= 0.6 is 0 Å². The van der Waals surface area contributed by atoms with Crippen molar-refractivity contribution in [2.24, 2.45) is 11.7 Å². The van der Waals surface area contributed by atoms with Crippen molar-refractivity contribution in [1.82, 2.24) is 0 Å². The molecule has 0 unspecified atom stereocenters. The van der Waals surface area contributed by atoms with Crippen molar-refractivity contribution in [2.75, 3.05) is 5.32 Å². The Labute approximate surface area is 89.7 Å². The maximum Gasteiger partial charge on any atom is 0.227 e. The summed E-state index contributed by atoms with van der Waals surface area (Å²) in [6, 6.07) is 5.90. The number of nitrogens with one attached hydrogen (secondary N) is 1. The van der Waals surface area contributed by atoms with E-state index in [0.717, 1.165) is 29.7 Å². The first-order chi connectivity index (χ1) is 7.20. The van der Waals surface area contributed by atoms with E-state index in [9.17, 15) is 4.79 Å². The molecule has 1 aliphatic rings. The fraction of sp³-hybridized carbons (Fsp3) is 0.417. The maximum absolute atomic E-state index is 11.5. The van der Waals surface area contributed by atoms with Crippen LogP contribution in [-0.4, -0.2) is 5.91 Å². The fourth-order valence-corrected chi connectivity index (χ4v) is 1.57. The molecule has 3 nitrogen and oxygen atoms in total. The molecule has 80 valence electrons. The van der Waals surface area contributed by atoms with Gasteiger partial charge in [-0.2, -0.15) is 0 Å². The zero-order valence-corrected chi connectivity index (χ0v) is 8.92. The molecule has 0 aromatic heterocycles. The van der Waals surface area contributed by atoms with Gasteiger partial charge in [0.05, 0.1) is 0 Å². The molecule has 15 heavy (non-hydrogen) atoms. The Kier molecular flexibility index (Phi) is 2.73. The number of benzene rings is 1. The lowest BCUT2D eigenvalue weighted by molar-refractivity contribution is -0.117. The maximum atomic E-state index is 11.5. The standard InChI is InChI=1S/C12H16N2O/c1-8-6-9(7-13)2-5-11(8)14-12(15)10-3-4-10/h2,5-6,10H,3-4,7,13H2,1H3,(H,14,15). The van der Waals surface area contributed by atoms with E-state index in [0.29, 0.717) is 6.54 Å². The van der Waals surface area contributed by atoms with E-state index in [2.05, 4.69) is 5.32 Å². The Morgan fingerprint density at radius 1 is 1.53 bits per heavy atom. The first-order valence-corrected chi connectivity index (χ1v) is 5.31. The lowest BCUT2D eigenvalue weighted by atomic mass is 10.1. The summed E-state index contributed by atoms with van der Waals surface area (Å²) in [6.45, 7) is 2.53. The van der Waals surface area contributed by atoms with Gasteiger partial charge in [0.25, 0.3) is 0 Å². The van der Waals surface area contributed by atoms with Crippen molar-refractivity contribution >= 4 is 11.6 Å². The molecule has 3 heteroatoms. The Hall–Kier alpha value is -1.35. The molecule has 1 aliphatic carbocycles. The van der Waals surface area contributed by atoms with Crippen LogP contribution in [0.2, 0.25) is 0 Å². The predicted molar refractivity (Wildman–Crippen MR) is 60.4 cm³/mol. The number of hydrogen-bond donors (Lipinski definition) is 2. The van der Waals surface area contributed by atoms with Crippen LogP contribution < -0.4 is 11.1 Å². The molecular weight excluding hydrogens is 188 g/mol. The van der Waals surface area contributed by atoms with Crippen molar-refractivity contribution in [3.8, 4) is 0 Å². The van der Waals surface area contributed by atoms with Gasteiger partial charge in [-0.15, -0.1) is 0 Å². The predicted octanol–water partition coefficient (Wildman–Crippen LogP) is 1.80. The second kappa shape index (κ2) is 4.03. The van der Waals surface area contributed by atoms with Gasteiger partial charge in [0.15, 0.2) is 0 Å². The van der Waals surface area contributed by atoms with E-state index in [1.807, 2.05) is 25.1 Å². The average molecular weight is 204 g/mol. The first-order valence-electron chi connectivity index (χ1n) is 5.31. The monoisotopic (exact) mass is 204 g/mol. The first kappa shape index (κ1) is 10.2. The average Bonchev–Trinajstić information content (AvgIpc) is 3.04. The number of nitrogens with two attached hydrogens (primary N) is 1. The second-order valence-electron chi connectivity index (χ2n) is 4.12. The van der Waals surface area contributed by atoms with E-state index in [1.54, 1.807) is 0 Å². The number of carbonyl (C=O) groups is 1. The van der Waals surface area contributed by atoms with Crippen molar-refractivity contribution in [2.45, 2.75) is 26.3 Å². The summed E-state index contributed by atoms with van der Waals surface area (Å²) in [5.41, 5.74) is 8.62. The zero-order valence-electron chi connectivity index (χ0n) is 8.92. The third kappa shape index (κ3) is 2.36. The van der Waals surface area contributed by atoms with Crippen LogP contribution in [0.3, 0.4) is 0 Å². The largest absolute Gasteiger partial charge is 0.326 e. The highest BCUT2D eigenvalue weighted by Crippen LogP contribution is 2.30. The molecule has 0 radical (unpaired) electrons. The molecule has 2 rings (SSSR count). The Balaban J connectivity index is 2.10. The second-order valence-corrected chi connectivity index (χ2v) is 4.12. The van der Waals surface area contributed by atoms with Crippen molar-refractivity contribution in [3.05, 3.63) is 29.3 Å². The highest BCUT2D eigenvalue weighted by Gasteiger charge is 2.29. The molecule has 1 aromatic carbocycles. The summed E-state index contributed by atoms with van der Waals surface area (Å²) in [5.74, 6) is 0.400. The summed E-state index contributed by atoms with van der Waals surface area (Å²) in [6.07, 6.45) is 2.07. The van der Waals surface area contributed by atoms with E-state index in [1.165, 1.54) is 0 Å². The minimum absolute atomic E-state index is 0.151. The van der Waals surface area contributed by atoms with E-state index in [4.69, 9.17) is 5.73 Å². The lowest BCUT2D eigenvalue weighted by Crippen LogP contribution is -2.14. The van der Waals surface area contributed by atoms with Gasteiger partial charge >= 0.3 is 0 Å². The van der Waals surface area contributed by atoms with Gasteiger partial charge in [-0.3, -0.25) is 4.79 Å². The van der Waals surface area contributed by atoms with Gasteiger partial charge in [-0.05, 0) is 37.0 Å². The fourth-order valence-electron chi connectivity index (χ4n) is 1.57. The van der Waals surface area contributed by atoms with Crippen LogP contribution in [0.1, 0.15) is 24.0 Å². The lowest BCUT2D eigenvalue weighted by Gasteiger charge is -2.09. The third-order valence-electron chi connectivity index (χ3n) is 2.73. The number of aryl methyl sites for hydroxylation is 1. The summed E-state index contributed by atoms with van der Waals surface area (Å²) in [7, 11) is 0. The summed E-state index contributed by atoms with van der Waals surface area (Å²) in [5, 5.41) is 2.94. The Morgan fingerprint density at radius 3 is 2.80 bits per heavy atom. The van der Waals surface area contributed by atoms with E-state index >= 15 is 0 Å². The van der Waals surface area contributed by atoms with Gasteiger partial charge in [-0.25, -0.2) is 0 Å². The topological polar surface area (TPSA) is 55.1 Å². The molecule has 1 amide bonds. The normalized spacial score (nSPS) is 15.1. The van der Waals surface area contributed by atoms with Crippen LogP contribution in [0.25, 0.3) is 0 Å². The molecule has 0 spiro atoms. The minimum atomic E-state index is 0.151. The third-order valence-corrected chi connectivity index (χ3v) is 2.73. The van der Waals surface area contributed by atoms with Crippen LogP contribution in [0, 0.1) is 12.8 Å². The highest BCUT2D eigenvalue weighted by molar-refractivity contribution is 5.94. The molecule has 0 atom stereocenters. The highest BCUT2D eigenvalue weighted by atomic mass is 16.2. The van der Waals surface area contributed by atoms with E-state index < -0.39 is 0 Å². The molecule has 0 saturated heterocycles. The number of hydrogen-bond acceptors (Lipinski definition) is 2. The molecule has 1 fully saturated rings. The van der Waals surface area contributed by atoms with E-state index in [-0.39, 0.29) is 11.8 Å². The van der Waals surface area contributed by atoms with Gasteiger partial charge in [0.1, 0.15) is 0 Å². The smallest absolute Gasteiger partial charge is 0.227 e. The van der Waals surface area contributed by atoms with Gasteiger partial charge < -0.3 is 11.1 Å². The number of carbonyl (C=O) groups excluding carboxylic acids is 1. The molecule has 1 saturated carbocycles. The Bertz CT molecular complexity index is 383. The molecule has 0 bridgehead atoms. The van der Waals surface area contributed by atoms with Gasteiger partial charge in [0.2, 0.25) is 5.91 Å². The zero-order chi connectivity index (χ0) is 10.8. The van der Waals surface area contributed by atoms with Gasteiger partial charge in [-0.1, -0.05) is 12.1 Å².